The number of carbonyl (C=O) groups excluding carboxylic acids is 3. The van der Waals surface area contributed by atoms with Crippen molar-refractivity contribution in [3.05, 3.63) is 29.8 Å². The number of nitrogens with two attached hydrogens (primary N) is 1. The van der Waals surface area contributed by atoms with Gasteiger partial charge in [0.15, 0.2) is 12.3 Å². The van der Waals surface area contributed by atoms with Crippen molar-refractivity contribution < 1.29 is 23.9 Å². The minimum Gasteiger partial charge on any atom is -0.483 e. The summed E-state index contributed by atoms with van der Waals surface area (Å²) in [6.45, 7) is 1.59. The van der Waals surface area contributed by atoms with Gasteiger partial charge < -0.3 is 25.0 Å². The molecule has 3 aliphatic rings. The lowest BCUT2D eigenvalue weighted by molar-refractivity contribution is -0.182. The van der Waals surface area contributed by atoms with Crippen LogP contribution in [-0.4, -0.2) is 65.6 Å². The summed E-state index contributed by atoms with van der Waals surface area (Å²) >= 11 is 0. The van der Waals surface area contributed by atoms with E-state index in [-0.39, 0.29) is 42.2 Å². The molecule has 3 heterocycles. The van der Waals surface area contributed by atoms with E-state index in [2.05, 4.69) is 0 Å². The van der Waals surface area contributed by atoms with E-state index in [1.54, 1.807) is 34.1 Å². The Hall–Kier alpha value is -2.61. The molecule has 0 aliphatic carbocycles. The van der Waals surface area contributed by atoms with Crippen LogP contribution in [0.4, 0.5) is 0 Å². The third-order valence-electron chi connectivity index (χ3n) is 5.44. The predicted octanol–water partition coefficient (Wildman–Crippen LogP) is 0.114. The van der Waals surface area contributed by atoms with Crippen molar-refractivity contribution in [2.75, 3.05) is 26.3 Å². The first-order chi connectivity index (χ1) is 12.5. The number of likely N-dealkylation sites (tertiary alicyclic amines) is 1. The number of rotatable bonds is 4. The molecule has 0 bridgehead atoms. The molecule has 138 valence electrons. The number of carbonyl (C=O) groups is 3. The van der Waals surface area contributed by atoms with E-state index in [9.17, 15) is 14.4 Å². The predicted molar refractivity (Wildman–Crippen MR) is 90.2 cm³/mol. The summed E-state index contributed by atoms with van der Waals surface area (Å²) in [7, 11) is 0. The van der Waals surface area contributed by atoms with Crippen LogP contribution < -0.4 is 10.5 Å². The van der Waals surface area contributed by atoms with Gasteiger partial charge in [-0.1, -0.05) is 12.1 Å². The molecule has 2 N–H and O–H groups in total. The highest BCUT2D eigenvalue weighted by molar-refractivity contribution is 5.95. The Labute approximate surface area is 150 Å². The first kappa shape index (κ1) is 16.8. The van der Waals surface area contributed by atoms with Crippen LogP contribution in [-0.2, 0) is 14.3 Å². The molecule has 0 radical (unpaired) electrons. The van der Waals surface area contributed by atoms with Gasteiger partial charge in [-0.15, -0.1) is 0 Å². The van der Waals surface area contributed by atoms with E-state index in [4.69, 9.17) is 15.2 Å². The molecule has 3 saturated heterocycles. The quantitative estimate of drug-likeness (QED) is 0.822. The molecule has 1 aromatic carbocycles. The van der Waals surface area contributed by atoms with Gasteiger partial charge in [0.05, 0.1) is 24.6 Å². The van der Waals surface area contributed by atoms with Crippen LogP contribution in [0.3, 0.4) is 0 Å². The minimum atomic E-state index is -0.671. The number of nitrogens with zero attached hydrogens (tertiary/aromatic N) is 2. The Morgan fingerprint density at radius 2 is 2.12 bits per heavy atom. The molecule has 3 amide bonds. The molecular weight excluding hydrogens is 338 g/mol. The topological polar surface area (TPSA) is 102 Å². The molecule has 1 aromatic rings. The second kappa shape index (κ2) is 6.28. The van der Waals surface area contributed by atoms with Crippen LogP contribution in [0.5, 0.6) is 5.75 Å². The van der Waals surface area contributed by atoms with Gasteiger partial charge in [0, 0.05) is 19.5 Å². The number of benzene rings is 1. The molecular formula is C18H21N3O5. The largest absolute Gasteiger partial charge is 0.483 e. The zero-order valence-corrected chi connectivity index (χ0v) is 14.3. The van der Waals surface area contributed by atoms with E-state index in [1.807, 2.05) is 0 Å². The fourth-order valence-electron chi connectivity index (χ4n) is 4.27. The molecule has 3 aliphatic heterocycles. The van der Waals surface area contributed by atoms with Gasteiger partial charge in [0.25, 0.3) is 11.8 Å². The van der Waals surface area contributed by atoms with E-state index < -0.39 is 11.6 Å². The fraction of sp³-hybridized carbons (Fsp3) is 0.500. The molecule has 3 fully saturated rings. The van der Waals surface area contributed by atoms with E-state index >= 15 is 0 Å². The summed E-state index contributed by atoms with van der Waals surface area (Å²) in [6, 6.07) is 6.26. The lowest BCUT2D eigenvalue weighted by Crippen LogP contribution is -2.56. The molecule has 0 aromatic heterocycles. The first-order valence-corrected chi connectivity index (χ1v) is 8.78. The van der Waals surface area contributed by atoms with Crippen molar-refractivity contribution in [2.45, 2.75) is 31.0 Å². The molecule has 0 saturated carbocycles. The van der Waals surface area contributed by atoms with Crippen molar-refractivity contribution in [2.24, 2.45) is 5.73 Å². The van der Waals surface area contributed by atoms with Crippen LogP contribution in [0.25, 0.3) is 0 Å². The third kappa shape index (κ3) is 2.52. The summed E-state index contributed by atoms with van der Waals surface area (Å²) in [6.07, 6.45) is 1.72. The zero-order chi connectivity index (χ0) is 18.3. The van der Waals surface area contributed by atoms with Crippen LogP contribution in [0.1, 0.15) is 29.6 Å². The smallest absolute Gasteiger partial charge is 0.260 e. The number of hydrogen-bond donors (Lipinski definition) is 1. The van der Waals surface area contributed by atoms with Gasteiger partial charge in [-0.2, -0.15) is 0 Å². The standard InChI is InChI=1S/C18H21N3O5/c19-17(24)12-4-1-2-5-13(12)25-11-16(23)20-8-6-18-14(20)10-15(22)21(18)7-3-9-26-18/h1-2,4-5,14H,3,6-11H2,(H2,19,24)/t14-,18+/m1/s1. The molecule has 8 heteroatoms. The maximum atomic E-state index is 12.7. The van der Waals surface area contributed by atoms with Gasteiger partial charge in [-0.3, -0.25) is 14.4 Å². The van der Waals surface area contributed by atoms with Gasteiger partial charge >= 0.3 is 0 Å². The van der Waals surface area contributed by atoms with Crippen molar-refractivity contribution >= 4 is 17.7 Å². The molecule has 1 spiro atoms. The van der Waals surface area contributed by atoms with Crippen molar-refractivity contribution in [3.8, 4) is 5.75 Å². The summed E-state index contributed by atoms with van der Waals surface area (Å²) in [5.74, 6) is -0.525. The average Bonchev–Trinajstić information content (AvgIpc) is 3.12. The van der Waals surface area contributed by atoms with Crippen molar-refractivity contribution in [1.82, 2.24) is 9.80 Å². The van der Waals surface area contributed by atoms with E-state index in [1.165, 1.54) is 0 Å². The molecule has 26 heavy (non-hydrogen) atoms. The third-order valence-corrected chi connectivity index (χ3v) is 5.44. The van der Waals surface area contributed by atoms with Crippen LogP contribution >= 0.6 is 0 Å². The summed E-state index contributed by atoms with van der Waals surface area (Å²) < 4.78 is 11.5. The minimum absolute atomic E-state index is 0.0344. The highest BCUT2D eigenvalue weighted by Crippen LogP contribution is 2.44. The van der Waals surface area contributed by atoms with Crippen molar-refractivity contribution in [1.29, 1.82) is 0 Å². The van der Waals surface area contributed by atoms with Gasteiger partial charge in [0.1, 0.15) is 5.75 Å². The Kier molecular flexibility index (Phi) is 4.07. The van der Waals surface area contributed by atoms with Gasteiger partial charge in [-0.25, -0.2) is 0 Å². The van der Waals surface area contributed by atoms with E-state index in [0.717, 1.165) is 6.42 Å². The Morgan fingerprint density at radius 1 is 1.31 bits per heavy atom. The average molecular weight is 359 g/mol. The number of ether oxygens (including phenoxy) is 2. The summed E-state index contributed by atoms with van der Waals surface area (Å²) in [4.78, 5) is 39.9. The molecule has 0 unspecified atom stereocenters. The SMILES string of the molecule is NC(=O)c1ccccc1OCC(=O)N1CC[C@@]23OCCCN2C(=O)C[C@@H]13. The normalized spacial score (nSPS) is 27.2. The Bertz CT molecular complexity index is 767. The lowest BCUT2D eigenvalue weighted by Gasteiger charge is -2.42. The maximum absolute atomic E-state index is 12.7. The van der Waals surface area contributed by atoms with Gasteiger partial charge in [0.2, 0.25) is 5.91 Å². The summed E-state index contributed by atoms with van der Waals surface area (Å²) in [5, 5.41) is 0. The number of para-hydroxylation sites is 1. The second-order valence-electron chi connectivity index (χ2n) is 6.80. The van der Waals surface area contributed by atoms with Crippen molar-refractivity contribution in [3.63, 3.8) is 0 Å². The van der Waals surface area contributed by atoms with Crippen LogP contribution in [0.15, 0.2) is 24.3 Å². The summed E-state index contributed by atoms with van der Waals surface area (Å²) in [5.41, 5.74) is 4.89. The Balaban J connectivity index is 1.47. The fourth-order valence-corrected chi connectivity index (χ4v) is 4.27. The molecule has 8 nitrogen and oxygen atoms in total. The first-order valence-electron chi connectivity index (χ1n) is 8.78. The van der Waals surface area contributed by atoms with Crippen LogP contribution in [0.2, 0.25) is 0 Å². The number of hydrogen-bond acceptors (Lipinski definition) is 5. The monoisotopic (exact) mass is 359 g/mol. The number of primary amides is 1. The molecule has 2 atom stereocenters. The highest BCUT2D eigenvalue weighted by atomic mass is 16.5. The Morgan fingerprint density at radius 3 is 2.92 bits per heavy atom. The van der Waals surface area contributed by atoms with E-state index in [0.29, 0.717) is 26.1 Å². The maximum Gasteiger partial charge on any atom is 0.260 e. The number of amides is 3. The lowest BCUT2D eigenvalue weighted by atomic mass is 10.0. The molecule has 4 rings (SSSR count). The van der Waals surface area contributed by atoms with Crippen LogP contribution in [0, 0.1) is 0 Å². The highest BCUT2D eigenvalue weighted by Gasteiger charge is 2.61. The second-order valence-corrected chi connectivity index (χ2v) is 6.80. The van der Waals surface area contributed by atoms with Gasteiger partial charge in [-0.05, 0) is 18.6 Å². The zero-order valence-electron chi connectivity index (χ0n) is 14.3.